The van der Waals surface area contributed by atoms with Gasteiger partial charge in [0.05, 0.1) is 12.1 Å². The molecule has 21 heavy (non-hydrogen) atoms. The van der Waals surface area contributed by atoms with Gasteiger partial charge in [0.1, 0.15) is 5.75 Å². The Kier molecular flexibility index (Phi) is 5.88. The largest absolute Gasteiger partial charge is 0.495 e. The molecule has 1 aromatic rings. The Morgan fingerprint density at radius 1 is 1.43 bits per heavy atom. The smallest absolute Gasteiger partial charge is 0.222 e. The molecule has 1 amide bonds. The molecule has 2 rings (SSSR count). The maximum Gasteiger partial charge on any atom is 0.222 e. The predicted molar refractivity (Wildman–Crippen MR) is 82.7 cm³/mol. The van der Waals surface area contributed by atoms with Crippen molar-refractivity contribution in [1.82, 2.24) is 4.90 Å². The zero-order valence-electron chi connectivity index (χ0n) is 12.3. The van der Waals surface area contributed by atoms with Crippen molar-refractivity contribution < 1.29 is 14.6 Å². The number of nitrogens with zero attached hydrogens (tertiary/aromatic N) is 1. The first kappa shape index (κ1) is 16.1. The van der Waals surface area contributed by atoms with Gasteiger partial charge in [0, 0.05) is 26.1 Å². The third-order valence-corrected chi connectivity index (χ3v) is 4.36. The zero-order chi connectivity index (χ0) is 15.2. The maximum atomic E-state index is 12.2. The summed E-state index contributed by atoms with van der Waals surface area (Å²) in [5, 5.41) is 9.69. The Morgan fingerprint density at radius 2 is 2.14 bits per heavy atom. The highest BCUT2D eigenvalue weighted by molar-refractivity contribution is 6.32. The molecule has 1 heterocycles. The summed E-state index contributed by atoms with van der Waals surface area (Å²) in [6.07, 6.45) is 2.97. The molecule has 0 radical (unpaired) electrons. The number of hydrogen-bond donors (Lipinski definition) is 1. The van der Waals surface area contributed by atoms with Gasteiger partial charge in [0.15, 0.2) is 0 Å². The lowest BCUT2D eigenvalue weighted by Gasteiger charge is -2.31. The summed E-state index contributed by atoms with van der Waals surface area (Å²) in [6.45, 7) is 1.74. The molecule has 0 unspecified atom stereocenters. The minimum atomic E-state index is 0.179. The number of carbonyl (C=O) groups is 1. The van der Waals surface area contributed by atoms with Crippen LogP contribution in [0.15, 0.2) is 18.2 Å². The number of rotatable bonds is 5. The number of halogens is 1. The molecule has 0 spiro atoms. The molecule has 0 aliphatic carbocycles. The van der Waals surface area contributed by atoms with Crippen LogP contribution in [0.25, 0.3) is 0 Å². The normalized spacial score (nSPS) is 16.0. The van der Waals surface area contributed by atoms with Gasteiger partial charge in [-0.2, -0.15) is 0 Å². The number of ether oxygens (including phenoxy) is 1. The lowest BCUT2D eigenvalue weighted by Crippen LogP contribution is -2.39. The molecule has 0 saturated carbocycles. The zero-order valence-corrected chi connectivity index (χ0v) is 13.1. The van der Waals surface area contributed by atoms with Gasteiger partial charge >= 0.3 is 0 Å². The van der Waals surface area contributed by atoms with Gasteiger partial charge in [0.25, 0.3) is 0 Å². The van der Waals surface area contributed by atoms with Crippen LogP contribution in [-0.4, -0.2) is 42.7 Å². The minimum Gasteiger partial charge on any atom is -0.495 e. The fourth-order valence-corrected chi connectivity index (χ4v) is 2.92. The number of hydrogen-bond acceptors (Lipinski definition) is 3. The van der Waals surface area contributed by atoms with Crippen molar-refractivity contribution in [3.8, 4) is 5.75 Å². The molecule has 1 aliphatic heterocycles. The van der Waals surface area contributed by atoms with Crippen molar-refractivity contribution in [1.29, 1.82) is 0 Å². The molecular formula is C16H22ClNO3. The third kappa shape index (κ3) is 4.35. The lowest BCUT2D eigenvalue weighted by molar-refractivity contribution is -0.132. The molecule has 116 valence electrons. The number of carbonyl (C=O) groups excluding carboxylic acids is 1. The molecule has 0 bridgehead atoms. The number of piperidine rings is 1. The van der Waals surface area contributed by atoms with Crippen LogP contribution >= 0.6 is 11.6 Å². The van der Waals surface area contributed by atoms with Crippen LogP contribution in [0.2, 0.25) is 5.02 Å². The maximum absolute atomic E-state index is 12.2. The number of benzene rings is 1. The summed E-state index contributed by atoms with van der Waals surface area (Å²) in [7, 11) is 1.58. The lowest BCUT2D eigenvalue weighted by atomic mass is 9.97. The van der Waals surface area contributed by atoms with Gasteiger partial charge in [-0.15, -0.1) is 0 Å². The summed E-state index contributed by atoms with van der Waals surface area (Å²) in [5.41, 5.74) is 1.04. The Bertz CT molecular complexity index is 484. The summed E-state index contributed by atoms with van der Waals surface area (Å²) in [5.74, 6) is 1.19. The Balaban J connectivity index is 1.83. The standard InChI is InChI=1S/C16H22ClNO3/c1-21-15-4-2-12(10-14(15)17)3-5-16(20)18-8-6-13(11-19)7-9-18/h2,4,10,13,19H,3,5-9,11H2,1H3. The van der Waals surface area contributed by atoms with E-state index in [1.165, 1.54) is 0 Å². The molecule has 4 nitrogen and oxygen atoms in total. The Labute approximate surface area is 130 Å². The van der Waals surface area contributed by atoms with Crippen LogP contribution in [0.3, 0.4) is 0 Å². The van der Waals surface area contributed by atoms with Crippen molar-refractivity contribution >= 4 is 17.5 Å². The minimum absolute atomic E-state index is 0.179. The van der Waals surface area contributed by atoms with Gasteiger partial charge in [-0.05, 0) is 42.9 Å². The van der Waals surface area contributed by atoms with Gasteiger partial charge in [-0.3, -0.25) is 4.79 Å². The molecule has 1 fully saturated rings. The number of aliphatic hydroxyl groups is 1. The first-order valence-corrected chi connectivity index (χ1v) is 7.73. The third-order valence-electron chi connectivity index (χ3n) is 4.07. The molecular weight excluding hydrogens is 290 g/mol. The second-order valence-corrected chi connectivity index (χ2v) is 5.88. The van der Waals surface area contributed by atoms with Crippen LogP contribution < -0.4 is 4.74 Å². The summed E-state index contributed by atoms with van der Waals surface area (Å²) < 4.78 is 5.11. The van der Waals surface area contributed by atoms with E-state index < -0.39 is 0 Å². The Hall–Kier alpha value is -1.26. The molecule has 0 atom stereocenters. The summed E-state index contributed by atoms with van der Waals surface area (Å²) >= 11 is 6.08. The highest BCUT2D eigenvalue weighted by Crippen LogP contribution is 2.25. The van der Waals surface area contributed by atoms with Crippen LogP contribution in [0.4, 0.5) is 0 Å². The highest BCUT2D eigenvalue weighted by Gasteiger charge is 2.21. The van der Waals surface area contributed by atoms with E-state index in [-0.39, 0.29) is 12.5 Å². The van der Waals surface area contributed by atoms with Crippen LogP contribution in [0, 0.1) is 5.92 Å². The monoisotopic (exact) mass is 311 g/mol. The first-order valence-electron chi connectivity index (χ1n) is 7.35. The van der Waals surface area contributed by atoms with E-state index in [1.807, 2.05) is 23.1 Å². The molecule has 5 heteroatoms. The van der Waals surface area contributed by atoms with E-state index in [0.29, 0.717) is 29.5 Å². The van der Waals surface area contributed by atoms with Crippen molar-refractivity contribution in [3.63, 3.8) is 0 Å². The van der Waals surface area contributed by atoms with Crippen molar-refractivity contribution in [3.05, 3.63) is 28.8 Å². The number of likely N-dealkylation sites (tertiary alicyclic amines) is 1. The first-order chi connectivity index (χ1) is 10.1. The fourth-order valence-electron chi connectivity index (χ4n) is 2.64. The van der Waals surface area contributed by atoms with Crippen LogP contribution in [-0.2, 0) is 11.2 Å². The van der Waals surface area contributed by atoms with E-state index in [9.17, 15) is 4.79 Å². The van der Waals surface area contributed by atoms with Crippen molar-refractivity contribution in [2.45, 2.75) is 25.7 Å². The predicted octanol–water partition coefficient (Wildman–Crippen LogP) is 2.51. The average molecular weight is 312 g/mol. The highest BCUT2D eigenvalue weighted by atomic mass is 35.5. The quantitative estimate of drug-likeness (QED) is 0.909. The van der Waals surface area contributed by atoms with Gasteiger partial charge < -0.3 is 14.7 Å². The van der Waals surface area contributed by atoms with Gasteiger partial charge in [-0.25, -0.2) is 0 Å². The molecule has 1 saturated heterocycles. The SMILES string of the molecule is COc1ccc(CCC(=O)N2CCC(CO)CC2)cc1Cl. The van der Waals surface area contributed by atoms with Crippen LogP contribution in [0.1, 0.15) is 24.8 Å². The van der Waals surface area contributed by atoms with E-state index in [0.717, 1.165) is 31.5 Å². The van der Waals surface area contributed by atoms with E-state index in [4.69, 9.17) is 21.4 Å². The van der Waals surface area contributed by atoms with E-state index in [2.05, 4.69) is 0 Å². The molecule has 1 aliphatic rings. The number of aryl methyl sites for hydroxylation is 1. The van der Waals surface area contributed by atoms with Crippen molar-refractivity contribution in [2.75, 3.05) is 26.8 Å². The van der Waals surface area contributed by atoms with E-state index in [1.54, 1.807) is 7.11 Å². The topological polar surface area (TPSA) is 49.8 Å². The van der Waals surface area contributed by atoms with Gasteiger partial charge in [-0.1, -0.05) is 17.7 Å². The number of methoxy groups -OCH3 is 1. The second-order valence-electron chi connectivity index (χ2n) is 5.48. The number of amides is 1. The van der Waals surface area contributed by atoms with Gasteiger partial charge in [0.2, 0.25) is 5.91 Å². The van der Waals surface area contributed by atoms with Crippen LogP contribution in [0.5, 0.6) is 5.75 Å². The van der Waals surface area contributed by atoms with Crippen molar-refractivity contribution in [2.24, 2.45) is 5.92 Å². The van der Waals surface area contributed by atoms with E-state index >= 15 is 0 Å². The average Bonchev–Trinajstić information content (AvgIpc) is 2.52. The summed E-state index contributed by atoms with van der Waals surface area (Å²) in [4.78, 5) is 14.1. The summed E-state index contributed by atoms with van der Waals surface area (Å²) in [6, 6.07) is 5.62. The molecule has 0 aromatic heterocycles. The Morgan fingerprint density at radius 3 is 2.71 bits per heavy atom. The number of aliphatic hydroxyl groups excluding tert-OH is 1. The molecule has 1 aromatic carbocycles. The fraction of sp³-hybridized carbons (Fsp3) is 0.562. The molecule has 1 N–H and O–H groups in total. The second kappa shape index (κ2) is 7.66.